The summed E-state index contributed by atoms with van der Waals surface area (Å²) in [4.78, 5) is 12.0. The van der Waals surface area contributed by atoms with Crippen LogP contribution in [0.15, 0.2) is 30.3 Å². The predicted octanol–water partition coefficient (Wildman–Crippen LogP) is 2.27. The predicted molar refractivity (Wildman–Crippen MR) is 73.1 cm³/mol. The lowest BCUT2D eigenvalue weighted by Crippen LogP contribution is -2.30. The normalized spacial score (nSPS) is 12.0. The van der Waals surface area contributed by atoms with Crippen LogP contribution in [0.5, 0.6) is 5.75 Å². The van der Waals surface area contributed by atoms with Crippen LogP contribution in [0, 0.1) is 12.7 Å². The van der Waals surface area contributed by atoms with E-state index in [0.29, 0.717) is 11.6 Å². The minimum atomic E-state index is -0.698. The molecule has 0 fully saturated rings. The van der Waals surface area contributed by atoms with Gasteiger partial charge in [0.15, 0.2) is 6.10 Å². The first-order valence-electron chi connectivity index (χ1n) is 6.19. The number of hydrogen-bond donors (Lipinski definition) is 1. The summed E-state index contributed by atoms with van der Waals surface area (Å²) in [6, 6.07) is 7.29. The SMILES string of the molecule is Cc1cc(NC(=O)[C@H](C)Oc2ccc(F)cc2)n(C)n1. The Morgan fingerprint density at radius 1 is 1.40 bits per heavy atom. The molecule has 106 valence electrons. The Balaban J connectivity index is 1.98. The number of halogens is 1. The molecule has 0 saturated heterocycles. The first-order chi connectivity index (χ1) is 9.45. The number of aryl methyl sites for hydroxylation is 2. The highest BCUT2D eigenvalue weighted by Crippen LogP contribution is 2.14. The van der Waals surface area contributed by atoms with Crippen molar-refractivity contribution in [2.75, 3.05) is 5.32 Å². The molecule has 0 saturated carbocycles. The molecule has 2 aromatic rings. The van der Waals surface area contributed by atoms with Crippen LogP contribution < -0.4 is 10.1 Å². The fourth-order valence-corrected chi connectivity index (χ4v) is 1.73. The van der Waals surface area contributed by atoms with E-state index in [1.54, 1.807) is 24.7 Å². The maximum absolute atomic E-state index is 12.8. The van der Waals surface area contributed by atoms with Gasteiger partial charge in [-0.25, -0.2) is 4.39 Å². The van der Waals surface area contributed by atoms with Crippen LogP contribution in [-0.4, -0.2) is 21.8 Å². The van der Waals surface area contributed by atoms with Gasteiger partial charge in [-0.05, 0) is 38.1 Å². The Kier molecular flexibility index (Phi) is 4.02. The van der Waals surface area contributed by atoms with Crippen molar-refractivity contribution in [1.82, 2.24) is 9.78 Å². The van der Waals surface area contributed by atoms with Gasteiger partial charge in [0.1, 0.15) is 17.4 Å². The minimum Gasteiger partial charge on any atom is -0.481 e. The first kappa shape index (κ1) is 14.0. The van der Waals surface area contributed by atoms with Crippen molar-refractivity contribution in [3.8, 4) is 5.75 Å². The molecule has 0 aliphatic carbocycles. The number of ether oxygens (including phenoxy) is 1. The minimum absolute atomic E-state index is 0.294. The molecule has 1 aromatic carbocycles. The molecule has 1 aromatic heterocycles. The molecule has 0 bridgehead atoms. The standard InChI is InChI=1S/C14H16FN3O2/c1-9-8-13(18(3)17-9)16-14(19)10(2)20-12-6-4-11(15)5-7-12/h4-8,10H,1-3H3,(H,16,19)/t10-/m0/s1. The van der Waals surface area contributed by atoms with Crippen molar-refractivity contribution >= 4 is 11.7 Å². The molecular weight excluding hydrogens is 261 g/mol. The summed E-state index contributed by atoms with van der Waals surface area (Å²) in [5.74, 6) is 0.398. The average Bonchev–Trinajstić information content (AvgIpc) is 2.70. The third kappa shape index (κ3) is 3.34. The van der Waals surface area contributed by atoms with E-state index in [-0.39, 0.29) is 11.7 Å². The molecule has 6 heteroatoms. The van der Waals surface area contributed by atoms with E-state index in [4.69, 9.17) is 4.74 Å². The number of nitrogens with one attached hydrogen (secondary N) is 1. The molecule has 1 atom stereocenters. The average molecular weight is 277 g/mol. The monoisotopic (exact) mass is 277 g/mol. The van der Waals surface area contributed by atoms with Crippen molar-refractivity contribution in [3.63, 3.8) is 0 Å². The summed E-state index contributed by atoms with van der Waals surface area (Å²) in [5, 5.41) is 6.86. The Bertz CT molecular complexity index is 607. The van der Waals surface area contributed by atoms with E-state index >= 15 is 0 Å². The van der Waals surface area contributed by atoms with Crippen molar-refractivity contribution in [2.45, 2.75) is 20.0 Å². The molecule has 1 heterocycles. The summed E-state index contributed by atoms with van der Waals surface area (Å²) in [6.07, 6.45) is -0.698. The van der Waals surface area contributed by atoms with Gasteiger partial charge in [-0.3, -0.25) is 9.48 Å². The Hall–Kier alpha value is -2.37. The second kappa shape index (κ2) is 5.73. The van der Waals surface area contributed by atoms with Crippen LogP contribution in [0.25, 0.3) is 0 Å². The summed E-state index contributed by atoms with van der Waals surface area (Å²) in [6.45, 7) is 3.47. The quantitative estimate of drug-likeness (QED) is 0.932. The number of benzene rings is 1. The number of nitrogens with zero attached hydrogens (tertiary/aromatic N) is 2. The van der Waals surface area contributed by atoms with Gasteiger partial charge in [-0.15, -0.1) is 0 Å². The molecule has 2 rings (SSSR count). The number of rotatable bonds is 4. The number of carbonyl (C=O) groups excluding carboxylic acids is 1. The fraction of sp³-hybridized carbons (Fsp3) is 0.286. The lowest BCUT2D eigenvalue weighted by molar-refractivity contribution is -0.122. The zero-order valence-electron chi connectivity index (χ0n) is 11.6. The van der Waals surface area contributed by atoms with Gasteiger partial charge >= 0.3 is 0 Å². The van der Waals surface area contributed by atoms with Crippen molar-refractivity contribution in [3.05, 3.63) is 41.8 Å². The van der Waals surface area contributed by atoms with Crippen LogP contribution in [0.3, 0.4) is 0 Å². The van der Waals surface area contributed by atoms with E-state index in [1.165, 1.54) is 24.3 Å². The second-order valence-corrected chi connectivity index (χ2v) is 4.50. The topological polar surface area (TPSA) is 56.1 Å². The second-order valence-electron chi connectivity index (χ2n) is 4.50. The van der Waals surface area contributed by atoms with E-state index in [1.807, 2.05) is 6.92 Å². The van der Waals surface area contributed by atoms with E-state index < -0.39 is 6.10 Å². The zero-order chi connectivity index (χ0) is 14.7. The molecule has 20 heavy (non-hydrogen) atoms. The smallest absolute Gasteiger partial charge is 0.266 e. The fourth-order valence-electron chi connectivity index (χ4n) is 1.73. The molecular formula is C14H16FN3O2. The largest absolute Gasteiger partial charge is 0.481 e. The Morgan fingerprint density at radius 2 is 2.05 bits per heavy atom. The number of anilines is 1. The van der Waals surface area contributed by atoms with Gasteiger partial charge in [0, 0.05) is 13.1 Å². The van der Waals surface area contributed by atoms with Gasteiger partial charge in [0.05, 0.1) is 5.69 Å². The van der Waals surface area contributed by atoms with Crippen LogP contribution in [0.4, 0.5) is 10.2 Å². The third-order valence-electron chi connectivity index (χ3n) is 2.75. The zero-order valence-corrected chi connectivity index (χ0v) is 11.6. The van der Waals surface area contributed by atoms with Crippen LogP contribution in [0.2, 0.25) is 0 Å². The van der Waals surface area contributed by atoms with E-state index in [9.17, 15) is 9.18 Å². The molecule has 5 nitrogen and oxygen atoms in total. The first-order valence-corrected chi connectivity index (χ1v) is 6.19. The summed E-state index contributed by atoms with van der Waals surface area (Å²) in [7, 11) is 1.74. The molecule has 0 aliphatic heterocycles. The Morgan fingerprint density at radius 3 is 2.60 bits per heavy atom. The number of carbonyl (C=O) groups is 1. The third-order valence-corrected chi connectivity index (χ3v) is 2.75. The Labute approximate surface area is 116 Å². The van der Waals surface area contributed by atoms with Crippen molar-refractivity contribution in [1.29, 1.82) is 0 Å². The molecule has 0 unspecified atom stereocenters. The highest BCUT2D eigenvalue weighted by atomic mass is 19.1. The van der Waals surface area contributed by atoms with Crippen LogP contribution in [0.1, 0.15) is 12.6 Å². The van der Waals surface area contributed by atoms with Gasteiger partial charge in [-0.2, -0.15) is 5.10 Å². The highest BCUT2D eigenvalue weighted by molar-refractivity contribution is 5.93. The van der Waals surface area contributed by atoms with Crippen molar-refractivity contribution < 1.29 is 13.9 Å². The molecule has 1 N–H and O–H groups in total. The lowest BCUT2D eigenvalue weighted by atomic mass is 10.3. The van der Waals surface area contributed by atoms with Gasteiger partial charge in [0.2, 0.25) is 0 Å². The maximum atomic E-state index is 12.8. The molecule has 0 aliphatic rings. The van der Waals surface area contributed by atoms with Crippen LogP contribution >= 0.6 is 0 Å². The molecule has 1 amide bonds. The van der Waals surface area contributed by atoms with E-state index in [2.05, 4.69) is 10.4 Å². The number of aromatic nitrogens is 2. The van der Waals surface area contributed by atoms with E-state index in [0.717, 1.165) is 5.69 Å². The summed E-state index contributed by atoms with van der Waals surface area (Å²) >= 11 is 0. The molecule has 0 spiro atoms. The summed E-state index contributed by atoms with van der Waals surface area (Å²) in [5.41, 5.74) is 0.815. The van der Waals surface area contributed by atoms with Crippen LogP contribution in [-0.2, 0) is 11.8 Å². The van der Waals surface area contributed by atoms with Gasteiger partial charge < -0.3 is 10.1 Å². The summed E-state index contributed by atoms with van der Waals surface area (Å²) < 4.78 is 19.8. The van der Waals surface area contributed by atoms with Gasteiger partial charge in [-0.1, -0.05) is 0 Å². The van der Waals surface area contributed by atoms with Crippen molar-refractivity contribution in [2.24, 2.45) is 7.05 Å². The molecule has 0 radical (unpaired) electrons. The maximum Gasteiger partial charge on any atom is 0.266 e. The van der Waals surface area contributed by atoms with Gasteiger partial charge in [0.25, 0.3) is 5.91 Å². The highest BCUT2D eigenvalue weighted by Gasteiger charge is 2.16. The number of hydrogen-bond acceptors (Lipinski definition) is 3. The number of amides is 1. The lowest BCUT2D eigenvalue weighted by Gasteiger charge is -2.14.